The zero-order chi connectivity index (χ0) is 13.7. The number of nitrogens with zero attached hydrogens (tertiary/aromatic N) is 4. The highest BCUT2D eigenvalue weighted by atomic mass is 16.3. The maximum absolute atomic E-state index is 10.7. The lowest BCUT2D eigenvalue weighted by Crippen LogP contribution is -2.37. The number of nitrogens with one attached hydrogen (secondary N) is 1. The molecule has 1 aromatic carbocycles. The molecule has 0 fully saturated rings. The average molecular weight is 262 g/mol. The quantitative estimate of drug-likeness (QED) is 0.589. The average Bonchev–Trinajstić information content (AvgIpc) is 2.88. The lowest BCUT2D eigenvalue weighted by Gasteiger charge is -2.08. The molecule has 2 rings (SSSR count). The molecular weight excluding hydrogens is 248 g/mol. The second-order valence-electron chi connectivity index (χ2n) is 3.89. The minimum Gasteiger partial charge on any atom is -0.382 e. The fourth-order valence-electron chi connectivity index (χ4n) is 1.51. The highest BCUT2D eigenvalue weighted by Gasteiger charge is 2.12. The number of para-hydroxylation sites is 1. The smallest absolute Gasteiger partial charge is 0.247 e. The number of rotatable bonds is 6. The summed E-state index contributed by atoms with van der Waals surface area (Å²) in [6.45, 7) is 0.364. The van der Waals surface area contributed by atoms with Crippen LogP contribution in [0.15, 0.2) is 30.3 Å². The van der Waals surface area contributed by atoms with Crippen molar-refractivity contribution in [3.63, 3.8) is 0 Å². The third kappa shape index (κ3) is 3.33. The van der Waals surface area contributed by atoms with Crippen LogP contribution in [0.25, 0.3) is 5.69 Å². The number of aliphatic hydroxyl groups excluding tert-OH is 1. The number of nitrogens with two attached hydrogens (primary N) is 1. The van der Waals surface area contributed by atoms with Gasteiger partial charge in [-0.3, -0.25) is 4.79 Å². The first-order valence-electron chi connectivity index (χ1n) is 5.69. The van der Waals surface area contributed by atoms with Crippen LogP contribution in [0, 0.1) is 0 Å². The maximum atomic E-state index is 10.7. The number of benzene rings is 1. The first-order chi connectivity index (χ1) is 9.18. The largest absolute Gasteiger partial charge is 0.382 e. The van der Waals surface area contributed by atoms with Crippen LogP contribution in [0.5, 0.6) is 0 Å². The number of carbonyl (C=O) groups is 1. The Bertz CT molecular complexity index is 541. The first-order valence-corrected chi connectivity index (χ1v) is 5.69. The second-order valence-corrected chi connectivity index (χ2v) is 3.89. The van der Waals surface area contributed by atoms with Gasteiger partial charge in [0.1, 0.15) is 6.10 Å². The van der Waals surface area contributed by atoms with Crippen molar-refractivity contribution in [2.45, 2.75) is 12.6 Å². The van der Waals surface area contributed by atoms with E-state index < -0.39 is 12.0 Å². The zero-order valence-corrected chi connectivity index (χ0v) is 10.1. The molecule has 0 bridgehead atoms. The van der Waals surface area contributed by atoms with Gasteiger partial charge in [0, 0.05) is 6.54 Å². The van der Waals surface area contributed by atoms with Gasteiger partial charge >= 0.3 is 0 Å². The van der Waals surface area contributed by atoms with Crippen molar-refractivity contribution < 1.29 is 9.90 Å². The van der Waals surface area contributed by atoms with Crippen molar-refractivity contribution in [3.05, 3.63) is 36.2 Å². The first kappa shape index (κ1) is 13.1. The van der Waals surface area contributed by atoms with Gasteiger partial charge in [0.15, 0.2) is 5.82 Å². The van der Waals surface area contributed by atoms with Gasteiger partial charge in [0.05, 0.1) is 12.2 Å². The summed E-state index contributed by atoms with van der Waals surface area (Å²) in [4.78, 5) is 10.7. The molecule has 0 spiro atoms. The molecule has 2 aromatic rings. The van der Waals surface area contributed by atoms with E-state index in [2.05, 4.69) is 20.8 Å². The van der Waals surface area contributed by atoms with Crippen LogP contribution < -0.4 is 11.1 Å². The van der Waals surface area contributed by atoms with Crippen molar-refractivity contribution >= 4 is 5.91 Å². The molecule has 8 nitrogen and oxygen atoms in total. The number of carbonyl (C=O) groups excluding carboxylic acids is 1. The molecule has 8 heteroatoms. The molecule has 1 aromatic heterocycles. The molecule has 0 aliphatic carbocycles. The molecule has 4 N–H and O–H groups in total. The number of primary amides is 1. The van der Waals surface area contributed by atoms with Crippen LogP contribution in [-0.4, -0.2) is 43.9 Å². The molecule has 1 heterocycles. The van der Waals surface area contributed by atoms with E-state index in [4.69, 9.17) is 5.73 Å². The standard InChI is InChI=1S/C11H14N6O2/c12-11(19)9(18)6-13-7-10-14-15-16-17(10)8-4-2-1-3-5-8/h1-5,9,13,18H,6-7H2,(H2,12,19). The van der Waals surface area contributed by atoms with Gasteiger partial charge in [-0.1, -0.05) is 18.2 Å². The Morgan fingerprint density at radius 3 is 2.84 bits per heavy atom. The molecule has 1 unspecified atom stereocenters. The van der Waals surface area contributed by atoms with Crippen molar-refractivity contribution in [1.82, 2.24) is 25.5 Å². The van der Waals surface area contributed by atoms with Gasteiger partial charge in [-0.25, -0.2) is 0 Å². The number of amides is 1. The summed E-state index contributed by atoms with van der Waals surface area (Å²) in [7, 11) is 0. The summed E-state index contributed by atoms with van der Waals surface area (Å²) < 4.78 is 1.57. The normalized spacial score (nSPS) is 12.3. The lowest BCUT2D eigenvalue weighted by atomic mass is 10.3. The summed E-state index contributed by atoms with van der Waals surface area (Å²) in [5.41, 5.74) is 5.78. The molecule has 19 heavy (non-hydrogen) atoms. The van der Waals surface area contributed by atoms with E-state index in [1.165, 1.54) is 0 Å². The van der Waals surface area contributed by atoms with Gasteiger partial charge in [-0.2, -0.15) is 4.68 Å². The predicted molar refractivity (Wildman–Crippen MR) is 66.1 cm³/mol. The van der Waals surface area contributed by atoms with E-state index in [0.717, 1.165) is 5.69 Å². The number of tetrazole rings is 1. The molecule has 1 atom stereocenters. The van der Waals surface area contributed by atoms with E-state index in [-0.39, 0.29) is 6.54 Å². The molecule has 0 aliphatic rings. The fraction of sp³-hybridized carbons (Fsp3) is 0.273. The van der Waals surface area contributed by atoms with Crippen LogP contribution in [0.3, 0.4) is 0 Å². The Kier molecular flexibility index (Phi) is 4.16. The number of hydrogen-bond acceptors (Lipinski definition) is 6. The van der Waals surface area contributed by atoms with Gasteiger partial charge in [-0.15, -0.1) is 5.10 Å². The summed E-state index contributed by atoms with van der Waals surface area (Å²) in [5.74, 6) is -0.196. The van der Waals surface area contributed by atoms with Gasteiger partial charge in [0.25, 0.3) is 0 Å². The summed E-state index contributed by atoms with van der Waals surface area (Å²) in [5, 5.41) is 23.5. The number of aromatic nitrogens is 4. The molecule has 0 saturated heterocycles. The summed E-state index contributed by atoms with van der Waals surface area (Å²) in [6.07, 6.45) is -1.22. The fourth-order valence-corrected chi connectivity index (χ4v) is 1.51. The maximum Gasteiger partial charge on any atom is 0.247 e. The minimum atomic E-state index is -1.22. The topological polar surface area (TPSA) is 119 Å². The molecule has 100 valence electrons. The monoisotopic (exact) mass is 262 g/mol. The van der Waals surface area contributed by atoms with Gasteiger partial charge in [-0.05, 0) is 22.6 Å². The van der Waals surface area contributed by atoms with E-state index in [9.17, 15) is 9.90 Å². The number of aliphatic hydroxyl groups is 1. The van der Waals surface area contributed by atoms with E-state index in [0.29, 0.717) is 12.4 Å². The highest BCUT2D eigenvalue weighted by molar-refractivity contribution is 5.78. The SMILES string of the molecule is NC(=O)C(O)CNCc1nnnn1-c1ccccc1. The van der Waals surface area contributed by atoms with Crippen LogP contribution in [-0.2, 0) is 11.3 Å². The van der Waals surface area contributed by atoms with Gasteiger partial charge in [0.2, 0.25) is 5.91 Å². The van der Waals surface area contributed by atoms with E-state index >= 15 is 0 Å². The predicted octanol–water partition coefficient (Wildman–Crippen LogP) is -1.40. The highest BCUT2D eigenvalue weighted by Crippen LogP contribution is 2.06. The van der Waals surface area contributed by atoms with Gasteiger partial charge < -0.3 is 16.2 Å². The second kappa shape index (κ2) is 6.03. The van der Waals surface area contributed by atoms with Crippen LogP contribution in [0.4, 0.5) is 0 Å². The summed E-state index contributed by atoms with van der Waals surface area (Å²) in [6, 6.07) is 9.40. The van der Waals surface area contributed by atoms with Crippen LogP contribution in [0.2, 0.25) is 0 Å². The van der Waals surface area contributed by atoms with Crippen molar-refractivity contribution in [2.75, 3.05) is 6.54 Å². The molecule has 1 amide bonds. The molecule has 0 radical (unpaired) electrons. The Morgan fingerprint density at radius 2 is 2.16 bits per heavy atom. The van der Waals surface area contributed by atoms with Crippen LogP contribution >= 0.6 is 0 Å². The van der Waals surface area contributed by atoms with Crippen molar-refractivity contribution in [2.24, 2.45) is 5.73 Å². The van der Waals surface area contributed by atoms with E-state index in [1.54, 1.807) is 4.68 Å². The van der Waals surface area contributed by atoms with E-state index in [1.807, 2.05) is 30.3 Å². The summed E-state index contributed by atoms with van der Waals surface area (Å²) >= 11 is 0. The molecule has 0 saturated carbocycles. The van der Waals surface area contributed by atoms with Crippen molar-refractivity contribution in [3.8, 4) is 5.69 Å². The third-order valence-electron chi connectivity index (χ3n) is 2.48. The third-order valence-corrected chi connectivity index (χ3v) is 2.48. The van der Waals surface area contributed by atoms with Crippen LogP contribution in [0.1, 0.15) is 5.82 Å². The Morgan fingerprint density at radius 1 is 1.42 bits per heavy atom. The zero-order valence-electron chi connectivity index (χ0n) is 10.1. The van der Waals surface area contributed by atoms with Crippen molar-refractivity contribution in [1.29, 1.82) is 0 Å². The molecular formula is C11H14N6O2. The lowest BCUT2D eigenvalue weighted by molar-refractivity contribution is -0.125. The Hall–Kier alpha value is -2.32. The number of hydrogen-bond donors (Lipinski definition) is 3. The minimum absolute atomic E-state index is 0.0526. The molecule has 0 aliphatic heterocycles. The Labute approximate surface area is 109 Å². The Balaban J connectivity index is 1.99.